The number of hydrogen-bond donors (Lipinski definition) is 2. The van der Waals surface area contributed by atoms with Gasteiger partial charge in [-0.05, 0) is 49.4 Å². The molecule has 7 heteroatoms. The summed E-state index contributed by atoms with van der Waals surface area (Å²) in [5.74, 6) is -1.06. The highest BCUT2D eigenvalue weighted by atomic mass is 79.9. The Morgan fingerprint density at radius 1 is 1.27 bits per heavy atom. The summed E-state index contributed by atoms with van der Waals surface area (Å²) >= 11 is 3.27. The van der Waals surface area contributed by atoms with Crippen molar-refractivity contribution in [2.45, 2.75) is 44.4 Å². The van der Waals surface area contributed by atoms with E-state index in [4.69, 9.17) is 5.11 Å². The lowest BCUT2D eigenvalue weighted by Crippen LogP contribution is -2.34. The van der Waals surface area contributed by atoms with Gasteiger partial charge >= 0.3 is 12.1 Å². The number of carbonyl (C=O) groups is 1. The molecule has 0 radical (unpaired) electrons. The number of rotatable bonds is 4. The van der Waals surface area contributed by atoms with Gasteiger partial charge in [-0.3, -0.25) is 4.79 Å². The van der Waals surface area contributed by atoms with E-state index >= 15 is 0 Å². The third kappa shape index (κ3) is 4.46. The Morgan fingerprint density at radius 2 is 1.91 bits per heavy atom. The Labute approximate surface area is 135 Å². The maximum absolute atomic E-state index is 12.7. The first-order chi connectivity index (χ1) is 10.3. The summed E-state index contributed by atoms with van der Waals surface area (Å²) in [5.41, 5.74) is -0.114. The number of hydrogen-bond acceptors (Lipinski definition) is 2. The van der Waals surface area contributed by atoms with Gasteiger partial charge in [0.2, 0.25) is 0 Å². The molecule has 2 rings (SSSR count). The molecule has 1 saturated carbocycles. The van der Waals surface area contributed by atoms with Crippen molar-refractivity contribution in [3.05, 3.63) is 33.8 Å². The van der Waals surface area contributed by atoms with Gasteiger partial charge in [-0.1, -0.05) is 15.9 Å². The Kier molecular flexibility index (Phi) is 5.50. The summed E-state index contributed by atoms with van der Waals surface area (Å²) in [7, 11) is 0. The lowest BCUT2D eigenvalue weighted by Gasteiger charge is -2.27. The van der Waals surface area contributed by atoms with Crippen molar-refractivity contribution in [2.75, 3.05) is 0 Å². The number of aliphatic carboxylic acids is 1. The topological polar surface area (TPSA) is 49.3 Å². The minimum Gasteiger partial charge on any atom is -0.481 e. The van der Waals surface area contributed by atoms with Crippen molar-refractivity contribution in [1.82, 2.24) is 5.32 Å². The standard InChI is InChI=1S/C15H17BrF3NO2/c16-13-6-3-11(15(17,18)19)7-10(13)8-20-12-4-1-9(2-5-12)14(21)22/h3,6-7,9,12,20H,1-2,4-5,8H2,(H,21,22). The van der Waals surface area contributed by atoms with Crippen LogP contribution in [0.25, 0.3) is 0 Å². The molecule has 0 bridgehead atoms. The van der Waals surface area contributed by atoms with E-state index < -0.39 is 17.7 Å². The first-order valence-electron chi connectivity index (χ1n) is 7.09. The highest BCUT2D eigenvalue weighted by molar-refractivity contribution is 9.10. The van der Waals surface area contributed by atoms with Crippen LogP contribution in [0.15, 0.2) is 22.7 Å². The van der Waals surface area contributed by atoms with Crippen molar-refractivity contribution in [3.63, 3.8) is 0 Å². The summed E-state index contributed by atoms with van der Waals surface area (Å²) in [6, 6.07) is 3.74. The van der Waals surface area contributed by atoms with Crippen molar-refractivity contribution in [1.29, 1.82) is 0 Å². The number of carboxylic acids is 1. The lowest BCUT2D eigenvalue weighted by molar-refractivity contribution is -0.143. The average molecular weight is 380 g/mol. The van der Waals surface area contributed by atoms with Gasteiger partial charge < -0.3 is 10.4 Å². The zero-order valence-electron chi connectivity index (χ0n) is 11.8. The van der Waals surface area contributed by atoms with Gasteiger partial charge in [-0.25, -0.2) is 0 Å². The number of halogens is 4. The molecule has 22 heavy (non-hydrogen) atoms. The normalized spacial score (nSPS) is 22.5. The van der Waals surface area contributed by atoms with E-state index in [0.29, 0.717) is 29.4 Å². The van der Waals surface area contributed by atoms with E-state index in [9.17, 15) is 18.0 Å². The Balaban J connectivity index is 1.93. The third-order valence-corrected chi connectivity index (χ3v) is 4.80. The SMILES string of the molecule is O=C(O)C1CCC(NCc2cc(C(F)(F)F)ccc2Br)CC1. The van der Waals surface area contributed by atoms with Crippen LogP contribution in [0.3, 0.4) is 0 Å². The van der Waals surface area contributed by atoms with E-state index in [2.05, 4.69) is 21.2 Å². The van der Waals surface area contributed by atoms with Crippen LogP contribution in [-0.2, 0) is 17.5 Å². The predicted molar refractivity (Wildman–Crippen MR) is 79.4 cm³/mol. The molecule has 1 aliphatic rings. The molecular formula is C15H17BrF3NO2. The maximum Gasteiger partial charge on any atom is 0.416 e. The molecule has 1 aliphatic carbocycles. The maximum atomic E-state index is 12.7. The fourth-order valence-corrected chi connectivity index (χ4v) is 3.07. The van der Waals surface area contributed by atoms with Gasteiger partial charge in [0.05, 0.1) is 11.5 Å². The van der Waals surface area contributed by atoms with E-state index in [1.807, 2.05) is 0 Å². The van der Waals surface area contributed by atoms with Crippen molar-refractivity contribution >= 4 is 21.9 Å². The minimum atomic E-state index is -4.35. The van der Waals surface area contributed by atoms with Gasteiger partial charge in [0.1, 0.15) is 0 Å². The Bertz CT molecular complexity index is 540. The fraction of sp³-hybridized carbons (Fsp3) is 0.533. The zero-order valence-corrected chi connectivity index (χ0v) is 13.4. The van der Waals surface area contributed by atoms with Crippen LogP contribution in [-0.4, -0.2) is 17.1 Å². The molecule has 0 aliphatic heterocycles. The molecular weight excluding hydrogens is 363 g/mol. The van der Waals surface area contributed by atoms with Crippen LogP contribution >= 0.6 is 15.9 Å². The third-order valence-electron chi connectivity index (χ3n) is 4.03. The first-order valence-corrected chi connectivity index (χ1v) is 7.88. The van der Waals surface area contributed by atoms with E-state index in [0.717, 1.165) is 25.0 Å². The highest BCUT2D eigenvalue weighted by Gasteiger charge is 2.31. The summed E-state index contributed by atoms with van der Waals surface area (Å²) in [6.45, 7) is 0.326. The van der Waals surface area contributed by atoms with Gasteiger partial charge in [0.15, 0.2) is 0 Å². The van der Waals surface area contributed by atoms with E-state index in [-0.39, 0.29) is 12.0 Å². The van der Waals surface area contributed by atoms with Gasteiger partial charge in [-0.15, -0.1) is 0 Å². The number of carboxylic acid groups (broad SMARTS) is 1. The molecule has 0 spiro atoms. The zero-order chi connectivity index (χ0) is 16.3. The molecule has 2 N–H and O–H groups in total. The molecule has 1 aromatic carbocycles. The summed E-state index contributed by atoms with van der Waals surface area (Å²) in [4.78, 5) is 10.9. The quantitative estimate of drug-likeness (QED) is 0.823. The van der Waals surface area contributed by atoms with E-state index in [1.54, 1.807) is 0 Å². The smallest absolute Gasteiger partial charge is 0.416 e. The van der Waals surface area contributed by atoms with Crippen LogP contribution in [0.2, 0.25) is 0 Å². The number of nitrogens with one attached hydrogen (secondary N) is 1. The lowest BCUT2D eigenvalue weighted by atomic mass is 9.86. The van der Waals surface area contributed by atoms with Gasteiger partial charge in [0.25, 0.3) is 0 Å². The van der Waals surface area contributed by atoms with E-state index in [1.165, 1.54) is 6.07 Å². The monoisotopic (exact) mass is 379 g/mol. The van der Waals surface area contributed by atoms with Crippen molar-refractivity contribution in [2.24, 2.45) is 5.92 Å². The summed E-state index contributed by atoms with van der Waals surface area (Å²) < 4.78 is 38.8. The molecule has 1 aromatic rings. The predicted octanol–water partition coefficient (Wildman–Crippen LogP) is 4.20. The Morgan fingerprint density at radius 3 is 2.45 bits per heavy atom. The van der Waals surface area contributed by atoms with Gasteiger partial charge in [0, 0.05) is 17.1 Å². The largest absolute Gasteiger partial charge is 0.481 e. The molecule has 0 amide bonds. The molecule has 0 saturated heterocycles. The highest BCUT2D eigenvalue weighted by Crippen LogP contribution is 2.32. The molecule has 1 fully saturated rings. The first kappa shape index (κ1) is 17.3. The number of alkyl halides is 3. The van der Waals surface area contributed by atoms with Crippen LogP contribution in [0.4, 0.5) is 13.2 Å². The molecule has 0 heterocycles. The van der Waals surface area contributed by atoms with Crippen molar-refractivity contribution in [3.8, 4) is 0 Å². The number of benzene rings is 1. The molecule has 0 atom stereocenters. The average Bonchev–Trinajstić information content (AvgIpc) is 2.45. The van der Waals surface area contributed by atoms with Crippen LogP contribution in [0.5, 0.6) is 0 Å². The molecule has 3 nitrogen and oxygen atoms in total. The summed E-state index contributed by atoms with van der Waals surface area (Å²) in [5, 5.41) is 12.2. The van der Waals surface area contributed by atoms with Crippen LogP contribution < -0.4 is 5.32 Å². The second-order valence-electron chi connectivity index (χ2n) is 5.57. The fourth-order valence-electron chi connectivity index (χ4n) is 2.69. The molecule has 0 unspecified atom stereocenters. The molecule has 0 aromatic heterocycles. The van der Waals surface area contributed by atoms with Crippen LogP contribution in [0.1, 0.15) is 36.8 Å². The van der Waals surface area contributed by atoms with Crippen LogP contribution in [0, 0.1) is 5.92 Å². The van der Waals surface area contributed by atoms with Crippen molar-refractivity contribution < 1.29 is 23.1 Å². The Hall–Kier alpha value is -1.08. The summed E-state index contributed by atoms with van der Waals surface area (Å²) in [6.07, 6.45) is -1.68. The second kappa shape index (κ2) is 7.00. The van der Waals surface area contributed by atoms with Gasteiger partial charge in [-0.2, -0.15) is 13.2 Å². The minimum absolute atomic E-state index is 0.150. The molecule has 122 valence electrons. The second-order valence-corrected chi connectivity index (χ2v) is 6.43.